The van der Waals surface area contributed by atoms with Gasteiger partial charge in [0.25, 0.3) is 0 Å². The van der Waals surface area contributed by atoms with E-state index in [0.29, 0.717) is 0 Å². The van der Waals surface area contributed by atoms with E-state index in [1.807, 2.05) is 0 Å². The van der Waals surface area contributed by atoms with Crippen LogP contribution in [-0.4, -0.2) is 31.9 Å². The van der Waals surface area contributed by atoms with E-state index in [9.17, 15) is 26.3 Å². The third kappa shape index (κ3) is 7.20. The number of halogens is 6. The van der Waals surface area contributed by atoms with Crippen molar-refractivity contribution in [2.24, 2.45) is 0 Å². The smallest absolute Gasteiger partial charge is 0.374 e. The van der Waals surface area contributed by atoms with E-state index >= 15 is 0 Å². The summed E-state index contributed by atoms with van der Waals surface area (Å²) in [7, 11) is 0. The molecule has 0 bridgehead atoms. The minimum absolute atomic E-state index is 0.284. The molecule has 0 aromatic heterocycles. The Kier molecular flexibility index (Phi) is 5.09. The van der Waals surface area contributed by atoms with Crippen LogP contribution in [-0.2, 0) is 9.47 Å². The van der Waals surface area contributed by atoms with E-state index in [0.717, 1.165) is 6.08 Å². The van der Waals surface area contributed by atoms with Crippen molar-refractivity contribution in [3.8, 4) is 0 Å². The van der Waals surface area contributed by atoms with Gasteiger partial charge >= 0.3 is 12.5 Å². The molecule has 0 amide bonds. The van der Waals surface area contributed by atoms with Gasteiger partial charge < -0.3 is 4.74 Å². The SMILES string of the molecule is C=CCOCC(OC(F)(F)F)C(F)(F)F. The largest absolute Gasteiger partial charge is 0.523 e. The van der Waals surface area contributed by atoms with Gasteiger partial charge in [-0.25, -0.2) is 0 Å². The summed E-state index contributed by atoms with van der Waals surface area (Å²) >= 11 is 0. The van der Waals surface area contributed by atoms with Crippen LogP contribution in [0.25, 0.3) is 0 Å². The summed E-state index contributed by atoms with van der Waals surface area (Å²) in [6.07, 6.45) is -12.4. The second kappa shape index (κ2) is 5.36. The Morgan fingerprint density at radius 2 is 1.67 bits per heavy atom. The van der Waals surface area contributed by atoms with Crippen molar-refractivity contribution < 1.29 is 35.8 Å². The van der Waals surface area contributed by atoms with Gasteiger partial charge in [-0.2, -0.15) is 13.2 Å². The van der Waals surface area contributed by atoms with Gasteiger partial charge in [0.2, 0.25) is 0 Å². The molecule has 0 fully saturated rings. The summed E-state index contributed by atoms with van der Waals surface area (Å²) in [5.41, 5.74) is 0. The Labute approximate surface area is 81.5 Å². The average Bonchev–Trinajstić information content (AvgIpc) is 1.99. The monoisotopic (exact) mass is 238 g/mol. The van der Waals surface area contributed by atoms with E-state index in [1.165, 1.54) is 0 Å². The molecule has 1 atom stereocenters. The average molecular weight is 238 g/mol. The molecule has 0 aromatic carbocycles. The molecule has 2 nitrogen and oxygen atoms in total. The Morgan fingerprint density at radius 1 is 1.13 bits per heavy atom. The molecule has 0 N–H and O–H groups in total. The summed E-state index contributed by atoms with van der Waals surface area (Å²) in [6, 6.07) is 0. The summed E-state index contributed by atoms with van der Waals surface area (Å²) in [4.78, 5) is 0. The molecule has 0 aliphatic carbocycles. The Balaban J connectivity index is 4.26. The topological polar surface area (TPSA) is 18.5 Å². The van der Waals surface area contributed by atoms with Crippen molar-refractivity contribution in [2.45, 2.75) is 18.6 Å². The highest BCUT2D eigenvalue weighted by Gasteiger charge is 2.47. The highest BCUT2D eigenvalue weighted by Crippen LogP contribution is 2.29. The Morgan fingerprint density at radius 3 is 2.00 bits per heavy atom. The molecule has 0 rings (SSSR count). The first-order valence-corrected chi connectivity index (χ1v) is 3.66. The summed E-state index contributed by atoms with van der Waals surface area (Å²) in [5, 5.41) is 0. The number of hydrogen-bond donors (Lipinski definition) is 0. The standard InChI is InChI=1S/C7H8F6O2/c1-2-3-14-4-5(6(8,9)10)15-7(11,12)13/h2,5H,1,3-4H2. The Hall–Kier alpha value is -0.760. The molecule has 0 aromatic rings. The minimum atomic E-state index is -5.35. The van der Waals surface area contributed by atoms with Gasteiger partial charge in [-0.3, -0.25) is 4.74 Å². The predicted octanol–water partition coefficient (Wildman–Crippen LogP) is 2.66. The highest BCUT2D eigenvalue weighted by atomic mass is 19.4. The van der Waals surface area contributed by atoms with Crippen molar-refractivity contribution >= 4 is 0 Å². The molecule has 0 radical (unpaired) electrons. The third-order valence-electron chi connectivity index (χ3n) is 1.15. The molecule has 8 heteroatoms. The van der Waals surface area contributed by atoms with Crippen LogP contribution in [0.3, 0.4) is 0 Å². The van der Waals surface area contributed by atoms with Crippen molar-refractivity contribution in [2.75, 3.05) is 13.2 Å². The fourth-order valence-corrected chi connectivity index (χ4v) is 0.615. The van der Waals surface area contributed by atoms with E-state index in [1.54, 1.807) is 0 Å². The molecule has 0 spiro atoms. The first-order chi connectivity index (χ1) is 6.67. The normalized spacial score (nSPS) is 15.1. The molecule has 0 aliphatic rings. The van der Waals surface area contributed by atoms with Gasteiger partial charge in [-0.05, 0) is 0 Å². The fourth-order valence-electron chi connectivity index (χ4n) is 0.615. The van der Waals surface area contributed by atoms with E-state index in [-0.39, 0.29) is 6.61 Å². The van der Waals surface area contributed by atoms with Gasteiger partial charge in [0, 0.05) is 0 Å². The van der Waals surface area contributed by atoms with E-state index in [2.05, 4.69) is 16.1 Å². The maximum absolute atomic E-state index is 11.9. The van der Waals surface area contributed by atoms with Gasteiger partial charge in [0.15, 0.2) is 6.10 Å². The summed E-state index contributed by atoms with van der Waals surface area (Å²) in [5.74, 6) is 0. The molecular formula is C7H8F6O2. The molecule has 15 heavy (non-hydrogen) atoms. The van der Waals surface area contributed by atoms with Gasteiger partial charge in [-0.15, -0.1) is 19.8 Å². The number of alkyl halides is 6. The second-order valence-corrected chi connectivity index (χ2v) is 2.42. The van der Waals surface area contributed by atoms with Gasteiger partial charge in [-0.1, -0.05) is 6.08 Å². The molecular weight excluding hydrogens is 230 g/mol. The molecule has 0 saturated carbocycles. The lowest BCUT2D eigenvalue weighted by atomic mass is 10.4. The quantitative estimate of drug-likeness (QED) is 0.416. The zero-order valence-electron chi connectivity index (χ0n) is 7.36. The molecule has 1 unspecified atom stereocenters. The first kappa shape index (κ1) is 14.2. The first-order valence-electron chi connectivity index (χ1n) is 3.66. The van der Waals surface area contributed by atoms with Crippen molar-refractivity contribution in [1.29, 1.82) is 0 Å². The number of ether oxygens (including phenoxy) is 2. The van der Waals surface area contributed by atoms with Crippen molar-refractivity contribution in [3.63, 3.8) is 0 Å². The molecule has 0 saturated heterocycles. The Bertz CT molecular complexity index is 197. The predicted molar refractivity (Wildman–Crippen MR) is 38.0 cm³/mol. The molecule has 90 valence electrons. The van der Waals surface area contributed by atoms with Gasteiger partial charge in [0.1, 0.15) is 0 Å². The summed E-state index contributed by atoms with van der Waals surface area (Å²) < 4.78 is 77.6. The molecule has 0 aliphatic heterocycles. The lowest BCUT2D eigenvalue weighted by Crippen LogP contribution is -2.40. The molecule has 0 heterocycles. The fraction of sp³-hybridized carbons (Fsp3) is 0.714. The second-order valence-electron chi connectivity index (χ2n) is 2.42. The van der Waals surface area contributed by atoms with Crippen LogP contribution in [0.2, 0.25) is 0 Å². The van der Waals surface area contributed by atoms with E-state index < -0.39 is 25.2 Å². The lowest BCUT2D eigenvalue weighted by molar-refractivity contribution is -0.384. The van der Waals surface area contributed by atoms with Crippen molar-refractivity contribution in [1.82, 2.24) is 0 Å². The lowest BCUT2D eigenvalue weighted by Gasteiger charge is -2.21. The van der Waals surface area contributed by atoms with Crippen LogP contribution in [0.4, 0.5) is 26.3 Å². The van der Waals surface area contributed by atoms with Crippen LogP contribution in [0.15, 0.2) is 12.7 Å². The van der Waals surface area contributed by atoms with E-state index in [4.69, 9.17) is 0 Å². The van der Waals surface area contributed by atoms with Crippen LogP contribution >= 0.6 is 0 Å². The van der Waals surface area contributed by atoms with Crippen LogP contribution in [0, 0.1) is 0 Å². The van der Waals surface area contributed by atoms with Crippen LogP contribution < -0.4 is 0 Å². The van der Waals surface area contributed by atoms with Crippen LogP contribution in [0.1, 0.15) is 0 Å². The van der Waals surface area contributed by atoms with Crippen molar-refractivity contribution in [3.05, 3.63) is 12.7 Å². The maximum atomic E-state index is 11.9. The third-order valence-corrected chi connectivity index (χ3v) is 1.15. The van der Waals surface area contributed by atoms with Gasteiger partial charge in [0.05, 0.1) is 13.2 Å². The number of hydrogen-bond acceptors (Lipinski definition) is 2. The highest BCUT2D eigenvalue weighted by molar-refractivity contribution is 4.70. The van der Waals surface area contributed by atoms with Crippen LogP contribution in [0.5, 0.6) is 0 Å². The number of rotatable bonds is 5. The zero-order chi connectivity index (χ0) is 12.1. The minimum Gasteiger partial charge on any atom is -0.374 e. The summed E-state index contributed by atoms with van der Waals surface area (Å²) in [6.45, 7) is 1.61. The zero-order valence-corrected chi connectivity index (χ0v) is 7.36. The maximum Gasteiger partial charge on any atom is 0.523 e.